The van der Waals surface area contributed by atoms with E-state index in [0.717, 1.165) is 18.4 Å². The van der Waals surface area contributed by atoms with Crippen LogP contribution in [-0.2, 0) is 11.2 Å². The highest BCUT2D eigenvalue weighted by molar-refractivity contribution is 5.79. The Hall–Kier alpha value is -1.75. The number of nitrogens with one attached hydrogen (secondary N) is 1. The van der Waals surface area contributed by atoms with E-state index < -0.39 is 0 Å². The molecule has 0 aliphatic carbocycles. The summed E-state index contributed by atoms with van der Waals surface area (Å²) in [5, 5.41) is 12.3. The maximum atomic E-state index is 12.2. The summed E-state index contributed by atoms with van der Waals surface area (Å²) in [4.78, 5) is 12.2. The molecule has 1 rings (SSSR count). The summed E-state index contributed by atoms with van der Waals surface area (Å²) in [6.45, 7) is 6.39. The summed E-state index contributed by atoms with van der Waals surface area (Å²) in [6, 6.07) is 5.21. The number of rotatable bonds is 8. The smallest absolute Gasteiger partial charge is 0.224 e. The van der Waals surface area contributed by atoms with Crippen LogP contribution in [0.1, 0.15) is 39.2 Å². The van der Waals surface area contributed by atoms with Crippen molar-refractivity contribution in [1.29, 1.82) is 0 Å². The molecule has 1 amide bonds. The number of carbonyl (C=O) groups excluding carboxylic acids is 1. The van der Waals surface area contributed by atoms with Crippen LogP contribution >= 0.6 is 0 Å². The summed E-state index contributed by atoms with van der Waals surface area (Å²) < 4.78 is 10.4. The molecule has 5 heteroatoms. The first-order valence-corrected chi connectivity index (χ1v) is 7.90. The Kier molecular flexibility index (Phi) is 7.36. The Balaban J connectivity index is 2.61. The molecule has 0 saturated heterocycles. The first kappa shape index (κ1) is 19.3. The number of hydrogen-bond donors (Lipinski definition) is 2. The zero-order chi connectivity index (χ0) is 17.5. The average Bonchev–Trinajstić information content (AvgIpc) is 2.50. The Morgan fingerprint density at radius 1 is 1.22 bits per heavy atom. The number of aliphatic hydroxyl groups excluding tert-OH is 1. The molecule has 0 fully saturated rings. The highest BCUT2D eigenvalue weighted by Gasteiger charge is 2.17. The molecule has 0 aromatic heterocycles. The maximum Gasteiger partial charge on any atom is 0.224 e. The van der Waals surface area contributed by atoms with Crippen molar-refractivity contribution < 1.29 is 19.4 Å². The van der Waals surface area contributed by atoms with Crippen LogP contribution in [0, 0.1) is 5.41 Å². The molecule has 1 atom stereocenters. The van der Waals surface area contributed by atoms with Crippen LogP contribution in [0.4, 0.5) is 0 Å². The predicted molar refractivity (Wildman–Crippen MR) is 91.0 cm³/mol. The summed E-state index contributed by atoms with van der Waals surface area (Å²) >= 11 is 0. The van der Waals surface area contributed by atoms with Gasteiger partial charge in [0.2, 0.25) is 5.91 Å². The fraction of sp³-hybridized carbons (Fsp3) is 0.611. The lowest BCUT2D eigenvalue weighted by atomic mass is 9.89. The van der Waals surface area contributed by atoms with Crippen molar-refractivity contribution in [3.05, 3.63) is 23.8 Å². The van der Waals surface area contributed by atoms with E-state index in [1.54, 1.807) is 26.4 Å². The number of methoxy groups -OCH3 is 2. The average molecular weight is 323 g/mol. The number of ether oxygens (including phenoxy) is 2. The van der Waals surface area contributed by atoms with E-state index in [2.05, 4.69) is 26.1 Å². The minimum Gasteiger partial charge on any atom is -0.493 e. The lowest BCUT2D eigenvalue weighted by Crippen LogP contribution is -2.39. The number of amides is 1. The van der Waals surface area contributed by atoms with Crippen molar-refractivity contribution in [2.75, 3.05) is 20.8 Å². The van der Waals surface area contributed by atoms with Crippen LogP contribution in [0.5, 0.6) is 11.5 Å². The van der Waals surface area contributed by atoms with Gasteiger partial charge in [0.05, 0.1) is 33.3 Å². The number of benzene rings is 1. The molecule has 0 bridgehead atoms. The summed E-state index contributed by atoms with van der Waals surface area (Å²) in [5.74, 6) is 1.13. The molecule has 0 radical (unpaired) electrons. The van der Waals surface area contributed by atoms with Crippen LogP contribution < -0.4 is 14.8 Å². The number of aliphatic hydroxyl groups is 1. The van der Waals surface area contributed by atoms with Crippen molar-refractivity contribution in [3.63, 3.8) is 0 Å². The Morgan fingerprint density at radius 3 is 2.39 bits per heavy atom. The lowest BCUT2D eigenvalue weighted by Gasteiger charge is -2.22. The van der Waals surface area contributed by atoms with Crippen molar-refractivity contribution in [1.82, 2.24) is 5.32 Å². The second kappa shape index (κ2) is 8.77. The fourth-order valence-corrected chi connectivity index (χ4v) is 2.27. The molecule has 0 heterocycles. The second-order valence-corrected chi connectivity index (χ2v) is 6.91. The molecule has 23 heavy (non-hydrogen) atoms. The van der Waals surface area contributed by atoms with Gasteiger partial charge in [-0.25, -0.2) is 0 Å². The largest absolute Gasteiger partial charge is 0.493 e. The molecule has 1 aromatic rings. The van der Waals surface area contributed by atoms with E-state index in [1.807, 2.05) is 6.07 Å². The molecule has 0 aliphatic heterocycles. The van der Waals surface area contributed by atoms with Gasteiger partial charge in [0.25, 0.3) is 0 Å². The molecule has 5 nitrogen and oxygen atoms in total. The topological polar surface area (TPSA) is 67.8 Å². The van der Waals surface area contributed by atoms with Crippen molar-refractivity contribution >= 4 is 5.91 Å². The molecule has 130 valence electrons. The van der Waals surface area contributed by atoms with E-state index in [9.17, 15) is 9.90 Å². The molecular weight excluding hydrogens is 294 g/mol. The quantitative estimate of drug-likeness (QED) is 0.771. The van der Waals surface area contributed by atoms with Crippen LogP contribution in [0.2, 0.25) is 0 Å². The van der Waals surface area contributed by atoms with Gasteiger partial charge in [-0.1, -0.05) is 26.8 Å². The van der Waals surface area contributed by atoms with Gasteiger partial charge >= 0.3 is 0 Å². The van der Waals surface area contributed by atoms with Gasteiger partial charge in [0, 0.05) is 0 Å². The van der Waals surface area contributed by atoms with Crippen molar-refractivity contribution in [2.45, 2.75) is 46.1 Å². The first-order chi connectivity index (χ1) is 10.8. The third-order valence-electron chi connectivity index (χ3n) is 3.64. The third-order valence-corrected chi connectivity index (χ3v) is 3.64. The lowest BCUT2D eigenvalue weighted by molar-refractivity contribution is -0.121. The second-order valence-electron chi connectivity index (χ2n) is 6.91. The van der Waals surface area contributed by atoms with Gasteiger partial charge < -0.3 is 19.9 Å². The van der Waals surface area contributed by atoms with Crippen LogP contribution in [-0.4, -0.2) is 37.9 Å². The van der Waals surface area contributed by atoms with E-state index in [4.69, 9.17) is 9.47 Å². The zero-order valence-corrected chi connectivity index (χ0v) is 14.8. The predicted octanol–water partition coefficient (Wildman–Crippen LogP) is 2.55. The van der Waals surface area contributed by atoms with E-state index in [-0.39, 0.29) is 30.4 Å². The zero-order valence-electron chi connectivity index (χ0n) is 14.8. The highest BCUT2D eigenvalue weighted by Crippen LogP contribution is 2.27. The Labute approximate surface area is 139 Å². The highest BCUT2D eigenvalue weighted by atomic mass is 16.5. The van der Waals surface area contributed by atoms with Gasteiger partial charge in [-0.2, -0.15) is 0 Å². The number of carbonyl (C=O) groups is 1. The summed E-state index contributed by atoms with van der Waals surface area (Å²) in [7, 11) is 3.14. The van der Waals surface area contributed by atoms with Crippen LogP contribution in [0.25, 0.3) is 0 Å². The monoisotopic (exact) mass is 323 g/mol. The minimum absolute atomic E-state index is 0.0479. The van der Waals surface area contributed by atoms with Crippen molar-refractivity contribution in [3.8, 4) is 11.5 Å². The van der Waals surface area contributed by atoms with Gasteiger partial charge in [0.1, 0.15) is 0 Å². The molecule has 1 aromatic carbocycles. The van der Waals surface area contributed by atoms with E-state index in [0.29, 0.717) is 11.5 Å². The SMILES string of the molecule is COc1ccc(CC(=O)N[C@H](CO)CCC(C)(C)C)cc1OC. The Bertz CT molecular complexity index is 508. The molecule has 0 unspecified atom stereocenters. The van der Waals surface area contributed by atoms with Gasteiger partial charge in [-0.15, -0.1) is 0 Å². The summed E-state index contributed by atoms with van der Waals surface area (Å²) in [5.41, 5.74) is 1.02. The first-order valence-electron chi connectivity index (χ1n) is 7.90. The Morgan fingerprint density at radius 2 is 1.87 bits per heavy atom. The van der Waals surface area contributed by atoms with Crippen molar-refractivity contribution in [2.24, 2.45) is 5.41 Å². The van der Waals surface area contributed by atoms with Gasteiger partial charge in [-0.05, 0) is 36.0 Å². The van der Waals surface area contributed by atoms with Crippen LogP contribution in [0.15, 0.2) is 18.2 Å². The molecule has 0 spiro atoms. The maximum absolute atomic E-state index is 12.2. The molecule has 0 aliphatic rings. The van der Waals surface area contributed by atoms with Gasteiger partial charge in [0.15, 0.2) is 11.5 Å². The molecular formula is C18H29NO4. The van der Waals surface area contributed by atoms with E-state index in [1.165, 1.54) is 0 Å². The molecule has 2 N–H and O–H groups in total. The number of hydrogen-bond acceptors (Lipinski definition) is 4. The third kappa shape index (κ3) is 6.91. The molecule has 0 saturated carbocycles. The normalized spacial score (nSPS) is 12.6. The fourth-order valence-electron chi connectivity index (χ4n) is 2.27. The standard InChI is InChI=1S/C18H29NO4/c1-18(2,3)9-8-14(12-20)19-17(21)11-13-6-7-15(22-4)16(10-13)23-5/h6-7,10,14,20H,8-9,11-12H2,1-5H3,(H,19,21)/t14-/m0/s1. The summed E-state index contributed by atoms with van der Waals surface area (Å²) in [6.07, 6.45) is 1.94. The minimum atomic E-state index is -0.207. The van der Waals surface area contributed by atoms with E-state index >= 15 is 0 Å². The van der Waals surface area contributed by atoms with Crippen LogP contribution in [0.3, 0.4) is 0 Å². The van der Waals surface area contributed by atoms with Gasteiger partial charge in [-0.3, -0.25) is 4.79 Å².